The highest BCUT2D eigenvalue weighted by Crippen LogP contribution is 2.36. The van der Waals surface area contributed by atoms with E-state index in [2.05, 4.69) is 0 Å². The number of ether oxygens (including phenoxy) is 8. The average molecular weight is 623 g/mol. The van der Waals surface area contributed by atoms with Gasteiger partial charge in [0.15, 0.2) is 18.0 Å². The van der Waals surface area contributed by atoms with Crippen LogP contribution in [0.3, 0.4) is 0 Å². The first kappa shape index (κ1) is 33.8. The highest BCUT2D eigenvalue weighted by atomic mass is 16.7. The molecule has 1 aliphatic heterocycles. The lowest BCUT2D eigenvalue weighted by atomic mass is 9.98. The van der Waals surface area contributed by atoms with E-state index in [1.807, 2.05) is 6.92 Å². The van der Waals surface area contributed by atoms with Gasteiger partial charge in [-0.05, 0) is 18.6 Å². The first-order valence-corrected chi connectivity index (χ1v) is 13.7. The Balaban J connectivity index is 2.07. The van der Waals surface area contributed by atoms with Crippen molar-refractivity contribution in [3.8, 4) is 17.2 Å². The molecule has 1 aliphatic rings. The summed E-state index contributed by atoms with van der Waals surface area (Å²) in [4.78, 5) is 72.0. The predicted molar refractivity (Wildman–Crippen MR) is 147 cm³/mol. The van der Waals surface area contributed by atoms with E-state index >= 15 is 0 Å². The third-order valence-electron chi connectivity index (χ3n) is 5.98. The van der Waals surface area contributed by atoms with E-state index < -0.39 is 78.5 Å². The smallest absolute Gasteiger partial charge is 0.383 e. The molecule has 0 amide bonds. The van der Waals surface area contributed by atoms with Gasteiger partial charge in [-0.3, -0.25) is 24.0 Å². The van der Waals surface area contributed by atoms with Crippen LogP contribution in [0.5, 0.6) is 17.2 Å². The van der Waals surface area contributed by atoms with Crippen molar-refractivity contribution < 1.29 is 66.3 Å². The summed E-state index contributed by atoms with van der Waals surface area (Å²) in [6.45, 7) is 7.31. The van der Waals surface area contributed by atoms with Crippen LogP contribution in [0.25, 0.3) is 11.0 Å². The number of esters is 5. The topological polar surface area (TPSA) is 189 Å². The number of hydrogen-bond donors (Lipinski definition) is 0. The fraction of sp³-hybridized carbons (Fsp3) is 0.517. The molecular weight excluding hydrogens is 588 g/mol. The molecule has 1 fully saturated rings. The molecule has 5 atom stereocenters. The van der Waals surface area contributed by atoms with Gasteiger partial charge in [-0.2, -0.15) is 0 Å². The quantitative estimate of drug-likeness (QED) is 0.145. The molecule has 0 N–H and O–H groups in total. The van der Waals surface area contributed by atoms with Gasteiger partial charge < -0.3 is 42.3 Å². The van der Waals surface area contributed by atoms with E-state index in [0.29, 0.717) is 6.42 Å². The summed E-state index contributed by atoms with van der Waals surface area (Å²) in [5.41, 5.74) is -0.996. The Morgan fingerprint density at radius 1 is 0.795 bits per heavy atom. The molecule has 0 saturated carbocycles. The Hall–Kier alpha value is -4.66. The average Bonchev–Trinajstić information content (AvgIpc) is 2.91. The lowest BCUT2D eigenvalue weighted by molar-refractivity contribution is -0.288. The first-order valence-electron chi connectivity index (χ1n) is 13.7. The van der Waals surface area contributed by atoms with Crippen LogP contribution >= 0.6 is 0 Å². The summed E-state index contributed by atoms with van der Waals surface area (Å²) in [5, 5.41) is 0.283. The van der Waals surface area contributed by atoms with Gasteiger partial charge in [0.2, 0.25) is 12.4 Å². The van der Waals surface area contributed by atoms with Gasteiger partial charge in [-0.15, -0.1) is 0 Å². The molecule has 44 heavy (non-hydrogen) atoms. The van der Waals surface area contributed by atoms with E-state index in [1.54, 1.807) is 0 Å². The monoisotopic (exact) mass is 622 g/mol. The van der Waals surface area contributed by atoms with E-state index in [4.69, 9.17) is 42.3 Å². The maximum Gasteiger partial charge on any atom is 0.383 e. The van der Waals surface area contributed by atoms with E-state index in [0.717, 1.165) is 41.0 Å². The molecule has 15 nitrogen and oxygen atoms in total. The van der Waals surface area contributed by atoms with Crippen molar-refractivity contribution in [1.29, 1.82) is 0 Å². The van der Waals surface area contributed by atoms with E-state index in [-0.39, 0.29) is 29.1 Å². The standard InChI is InChI=1S/C29H34O15/c1-7-8-11-36-23-20-10-9-19(12-21(20)43-28(35)26(23)40-17(5)33)42-29-27(41-18(6)34)25(39-16(4)32)24(38-15(3)31)22(44-29)13-37-14(2)30/h9-10,12,22,24-25,27,29H,7-8,11,13H2,1-6H3/t22-,24-,25+,27-,29-/m1/s1. The van der Waals surface area contributed by atoms with Crippen molar-refractivity contribution in [3.63, 3.8) is 0 Å². The molecule has 1 aromatic heterocycles. The van der Waals surface area contributed by atoms with Crippen molar-refractivity contribution in [2.24, 2.45) is 0 Å². The van der Waals surface area contributed by atoms with Crippen LogP contribution < -0.4 is 19.8 Å². The molecule has 15 heteroatoms. The lowest BCUT2D eigenvalue weighted by Crippen LogP contribution is -2.63. The number of rotatable bonds is 12. The van der Waals surface area contributed by atoms with Crippen molar-refractivity contribution in [2.75, 3.05) is 13.2 Å². The number of carbonyl (C=O) groups is 5. The Morgan fingerprint density at radius 2 is 1.43 bits per heavy atom. The van der Waals surface area contributed by atoms with Gasteiger partial charge in [-0.25, -0.2) is 4.79 Å². The molecule has 2 aromatic rings. The van der Waals surface area contributed by atoms with Gasteiger partial charge in [0.05, 0.1) is 12.0 Å². The number of unbranched alkanes of at least 4 members (excludes halogenated alkanes) is 1. The molecule has 0 bridgehead atoms. The maximum absolute atomic E-state index is 12.8. The molecule has 240 valence electrons. The predicted octanol–water partition coefficient (Wildman–Crippen LogP) is 2.36. The minimum absolute atomic E-state index is 0.00116. The molecule has 0 aliphatic carbocycles. The summed E-state index contributed by atoms with van der Waals surface area (Å²) < 4.78 is 49.4. The summed E-state index contributed by atoms with van der Waals surface area (Å²) in [6.07, 6.45) is -5.56. The molecule has 1 aromatic carbocycles. The van der Waals surface area contributed by atoms with E-state index in [1.165, 1.54) is 18.2 Å². The van der Waals surface area contributed by atoms with Crippen molar-refractivity contribution in [2.45, 2.75) is 85.1 Å². The third-order valence-corrected chi connectivity index (χ3v) is 5.98. The summed E-state index contributed by atoms with van der Waals surface area (Å²) in [6, 6.07) is 4.24. The number of benzene rings is 1. The summed E-state index contributed by atoms with van der Waals surface area (Å²) in [7, 11) is 0. The zero-order valence-corrected chi connectivity index (χ0v) is 25.1. The highest BCUT2D eigenvalue weighted by Gasteiger charge is 2.53. The van der Waals surface area contributed by atoms with Crippen molar-refractivity contribution in [3.05, 3.63) is 28.6 Å². The Kier molecular flexibility index (Phi) is 11.7. The first-order chi connectivity index (χ1) is 20.8. The molecule has 0 unspecified atom stereocenters. The second-order valence-corrected chi connectivity index (χ2v) is 9.69. The molecule has 1 saturated heterocycles. The second-order valence-electron chi connectivity index (χ2n) is 9.69. The second kappa shape index (κ2) is 15.2. The third kappa shape index (κ3) is 8.92. The molecule has 0 radical (unpaired) electrons. The zero-order chi connectivity index (χ0) is 32.6. The van der Waals surface area contributed by atoms with Crippen LogP contribution in [0.4, 0.5) is 0 Å². The van der Waals surface area contributed by atoms with Gasteiger partial charge in [0.1, 0.15) is 24.0 Å². The number of fused-ring (bicyclic) bond motifs is 1. The van der Waals surface area contributed by atoms with Crippen LogP contribution in [0, 0.1) is 0 Å². The maximum atomic E-state index is 12.8. The van der Waals surface area contributed by atoms with Gasteiger partial charge in [0, 0.05) is 40.7 Å². The summed E-state index contributed by atoms with van der Waals surface area (Å²) in [5.74, 6) is -4.19. The minimum atomic E-state index is -1.51. The van der Waals surface area contributed by atoms with Gasteiger partial charge >= 0.3 is 35.5 Å². The highest BCUT2D eigenvalue weighted by molar-refractivity contribution is 5.87. The molecular formula is C29H34O15. The molecule has 3 rings (SSSR count). The SMILES string of the molecule is CCCCOc1c(OC(C)=O)c(=O)oc2cc(O[C@@H]3O[C@H](COC(C)=O)[C@@H](OC(C)=O)[C@H](OC(C)=O)[C@H]3OC(C)=O)ccc12. The summed E-state index contributed by atoms with van der Waals surface area (Å²) >= 11 is 0. The van der Waals surface area contributed by atoms with Crippen LogP contribution in [0.15, 0.2) is 27.4 Å². The van der Waals surface area contributed by atoms with Crippen LogP contribution in [0.2, 0.25) is 0 Å². The van der Waals surface area contributed by atoms with Gasteiger partial charge in [-0.1, -0.05) is 13.3 Å². The van der Waals surface area contributed by atoms with Crippen LogP contribution in [0.1, 0.15) is 54.4 Å². The molecule has 0 spiro atoms. The normalized spacial score (nSPS) is 21.1. The largest absolute Gasteiger partial charge is 0.489 e. The Labute approximate surface area is 251 Å². The Morgan fingerprint density at radius 3 is 2.02 bits per heavy atom. The van der Waals surface area contributed by atoms with Crippen LogP contribution in [-0.2, 0) is 47.7 Å². The van der Waals surface area contributed by atoms with E-state index in [9.17, 15) is 28.8 Å². The number of hydrogen-bond acceptors (Lipinski definition) is 15. The molecule has 2 heterocycles. The van der Waals surface area contributed by atoms with Crippen LogP contribution in [-0.4, -0.2) is 73.8 Å². The zero-order valence-electron chi connectivity index (χ0n) is 25.1. The fourth-order valence-electron chi connectivity index (χ4n) is 4.32. The van der Waals surface area contributed by atoms with Crippen molar-refractivity contribution in [1.82, 2.24) is 0 Å². The van der Waals surface area contributed by atoms with Gasteiger partial charge in [0.25, 0.3) is 5.75 Å². The lowest BCUT2D eigenvalue weighted by Gasteiger charge is -2.43. The Bertz CT molecular complexity index is 1440. The van der Waals surface area contributed by atoms with Crippen molar-refractivity contribution >= 4 is 40.8 Å². The number of carbonyl (C=O) groups excluding carboxylic acids is 5. The minimum Gasteiger partial charge on any atom is -0.489 e. The fourth-order valence-corrected chi connectivity index (χ4v) is 4.32.